The first kappa shape index (κ1) is 22.3. The van der Waals surface area contributed by atoms with Gasteiger partial charge < -0.3 is 9.84 Å². The molecule has 0 aliphatic carbocycles. The molecule has 0 bridgehead atoms. The molecule has 0 aliphatic rings. The van der Waals surface area contributed by atoms with Crippen LogP contribution in [0.1, 0.15) is 28.4 Å². The molecule has 0 radical (unpaired) electrons. The number of phenolic OH excluding ortho intramolecular Hbond substituents is 1. The highest BCUT2D eigenvalue weighted by Gasteiger charge is 2.13. The Morgan fingerprint density at radius 3 is 2.52 bits per heavy atom. The minimum Gasteiger partial charge on any atom is -0.507 e. The minimum atomic E-state index is -0.483. The highest BCUT2D eigenvalue weighted by Crippen LogP contribution is 2.28. The summed E-state index contributed by atoms with van der Waals surface area (Å²) >= 11 is 1.50. The summed E-state index contributed by atoms with van der Waals surface area (Å²) < 4.78 is 5.48. The van der Waals surface area contributed by atoms with Crippen molar-refractivity contribution in [3.05, 3.63) is 89.7 Å². The first-order valence-electron chi connectivity index (χ1n) is 10.2. The number of methoxy groups -OCH3 is 1. The van der Waals surface area contributed by atoms with Crippen molar-refractivity contribution in [2.24, 2.45) is 5.10 Å². The topological polar surface area (TPSA) is 96.7 Å². The van der Waals surface area contributed by atoms with Gasteiger partial charge in [0.25, 0.3) is 5.91 Å². The maximum atomic E-state index is 12.7. The van der Waals surface area contributed by atoms with Crippen molar-refractivity contribution in [2.75, 3.05) is 7.11 Å². The van der Waals surface area contributed by atoms with Gasteiger partial charge >= 0.3 is 0 Å². The molecule has 8 heteroatoms. The first-order chi connectivity index (χ1) is 16.0. The summed E-state index contributed by atoms with van der Waals surface area (Å²) in [7, 11) is 1.62. The van der Waals surface area contributed by atoms with Gasteiger partial charge in [0.05, 0.1) is 18.4 Å². The number of carbonyl (C=O) groups excluding carboxylic acids is 1. The van der Waals surface area contributed by atoms with E-state index in [1.54, 1.807) is 44.6 Å². The summed E-state index contributed by atoms with van der Waals surface area (Å²) in [5.41, 5.74) is 5.12. The van der Waals surface area contributed by atoms with Crippen LogP contribution in [0.15, 0.2) is 83.3 Å². The number of nitrogens with one attached hydrogen (secondary N) is 1. The number of benzene rings is 3. The molecule has 4 rings (SSSR count). The van der Waals surface area contributed by atoms with E-state index < -0.39 is 5.91 Å². The number of phenols is 1. The Morgan fingerprint density at radius 2 is 1.79 bits per heavy atom. The summed E-state index contributed by atoms with van der Waals surface area (Å²) in [5, 5.41) is 16.9. The van der Waals surface area contributed by atoms with Gasteiger partial charge in [-0.1, -0.05) is 36.0 Å². The fourth-order valence-electron chi connectivity index (χ4n) is 3.29. The van der Waals surface area contributed by atoms with Crippen LogP contribution in [-0.2, 0) is 5.75 Å². The number of aromatic nitrogens is 2. The summed E-state index contributed by atoms with van der Waals surface area (Å²) in [6.07, 6.45) is 3.41. The van der Waals surface area contributed by atoms with E-state index >= 15 is 0 Å². The number of nitrogens with zero attached hydrogens (tertiary/aromatic N) is 3. The third-order valence-electron chi connectivity index (χ3n) is 5.03. The van der Waals surface area contributed by atoms with Crippen LogP contribution in [0.4, 0.5) is 0 Å². The molecule has 0 fully saturated rings. The van der Waals surface area contributed by atoms with Gasteiger partial charge in [-0.3, -0.25) is 4.79 Å². The summed E-state index contributed by atoms with van der Waals surface area (Å²) in [6, 6.07) is 18.2. The van der Waals surface area contributed by atoms with Crippen molar-refractivity contribution >= 4 is 34.2 Å². The van der Waals surface area contributed by atoms with Gasteiger partial charge in [0.1, 0.15) is 11.5 Å². The van der Waals surface area contributed by atoms with Gasteiger partial charge in [-0.05, 0) is 59.7 Å². The zero-order chi connectivity index (χ0) is 23.2. The van der Waals surface area contributed by atoms with Crippen molar-refractivity contribution in [3.8, 4) is 11.5 Å². The minimum absolute atomic E-state index is 0.0917. The fraction of sp³-hybridized carbons (Fsp3) is 0.120. The Morgan fingerprint density at radius 1 is 1.06 bits per heavy atom. The van der Waals surface area contributed by atoms with E-state index in [4.69, 9.17) is 4.74 Å². The molecule has 0 saturated carbocycles. The molecule has 0 saturated heterocycles. The van der Waals surface area contributed by atoms with Gasteiger partial charge in [0, 0.05) is 23.7 Å². The Bertz CT molecular complexity index is 1330. The SMILES string of the molecule is COc1ccc(C(C)=NNC(=O)c2cc3ccccc3cc2O)cc1CSc1ncccn1. The maximum Gasteiger partial charge on any atom is 0.275 e. The molecule has 7 nitrogen and oxygen atoms in total. The Labute approximate surface area is 195 Å². The monoisotopic (exact) mass is 458 g/mol. The number of hydrazone groups is 1. The molecule has 0 unspecified atom stereocenters. The second-order valence-electron chi connectivity index (χ2n) is 7.20. The van der Waals surface area contributed by atoms with E-state index in [1.165, 1.54) is 11.8 Å². The van der Waals surface area contributed by atoms with Crippen molar-refractivity contribution in [1.82, 2.24) is 15.4 Å². The van der Waals surface area contributed by atoms with Crippen LogP contribution < -0.4 is 10.2 Å². The first-order valence-corrected chi connectivity index (χ1v) is 11.2. The van der Waals surface area contributed by atoms with Crippen LogP contribution in [0, 0.1) is 0 Å². The van der Waals surface area contributed by atoms with Crippen LogP contribution in [-0.4, -0.2) is 33.8 Å². The molecule has 3 aromatic carbocycles. The normalized spacial score (nSPS) is 11.4. The predicted octanol–water partition coefficient (Wildman–Crippen LogP) is 4.79. The largest absolute Gasteiger partial charge is 0.507 e. The number of ether oxygens (including phenoxy) is 1. The number of rotatable bonds is 7. The number of aromatic hydroxyl groups is 1. The second kappa shape index (κ2) is 10.1. The number of hydrogen-bond donors (Lipinski definition) is 2. The molecular weight excluding hydrogens is 436 g/mol. The van der Waals surface area contributed by atoms with E-state index in [9.17, 15) is 9.90 Å². The molecule has 1 heterocycles. The van der Waals surface area contributed by atoms with Crippen molar-refractivity contribution in [3.63, 3.8) is 0 Å². The molecule has 4 aromatic rings. The number of hydrogen-bond acceptors (Lipinski definition) is 7. The van der Waals surface area contributed by atoms with Crippen LogP contribution in [0.2, 0.25) is 0 Å². The third kappa shape index (κ3) is 5.30. The Balaban J connectivity index is 1.51. The highest BCUT2D eigenvalue weighted by atomic mass is 32.2. The van der Waals surface area contributed by atoms with Crippen molar-refractivity contribution < 1.29 is 14.6 Å². The maximum absolute atomic E-state index is 12.7. The Hall–Kier alpha value is -3.91. The van der Waals surface area contributed by atoms with E-state index in [-0.39, 0.29) is 11.3 Å². The molecule has 2 N–H and O–H groups in total. The predicted molar refractivity (Wildman–Crippen MR) is 130 cm³/mol. The summed E-state index contributed by atoms with van der Waals surface area (Å²) in [5.74, 6) is 0.792. The summed E-state index contributed by atoms with van der Waals surface area (Å²) in [6.45, 7) is 1.81. The van der Waals surface area contributed by atoms with Crippen LogP contribution in [0.5, 0.6) is 11.5 Å². The second-order valence-corrected chi connectivity index (χ2v) is 8.14. The smallest absolute Gasteiger partial charge is 0.275 e. The lowest BCUT2D eigenvalue weighted by molar-refractivity contribution is 0.0952. The summed E-state index contributed by atoms with van der Waals surface area (Å²) in [4.78, 5) is 21.1. The number of carbonyl (C=O) groups is 1. The zero-order valence-corrected chi connectivity index (χ0v) is 19.0. The lowest BCUT2D eigenvalue weighted by Crippen LogP contribution is -2.19. The zero-order valence-electron chi connectivity index (χ0n) is 18.1. The standard InChI is InChI=1S/C25H22N4O3S/c1-16(28-29-24(31)21-13-18-6-3-4-7-19(18)14-22(21)30)17-8-9-23(32-2)20(12-17)15-33-25-26-10-5-11-27-25/h3-14,30H,15H2,1-2H3,(H,29,31). The number of amides is 1. The fourth-order valence-corrected chi connectivity index (χ4v) is 4.07. The highest BCUT2D eigenvalue weighted by molar-refractivity contribution is 7.98. The van der Waals surface area contributed by atoms with Crippen molar-refractivity contribution in [1.29, 1.82) is 0 Å². The van der Waals surface area contributed by atoms with E-state index in [0.717, 1.165) is 27.6 Å². The number of thioether (sulfide) groups is 1. The van der Waals surface area contributed by atoms with Crippen molar-refractivity contribution in [2.45, 2.75) is 17.8 Å². The Kier molecular flexibility index (Phi) is 6.85. The van der Waals surface area contributed by atoms with E-state index in [2.05, 4.69) is 20.5 Å². The molecular formula is C25H22N4O3S. The molecule has 33 heavy (non-hydrogen) atoms. The van der Waals surface area contributed by atoms with E-state index in [1.807, 2.05) is 42.5 Å². The average molecular weight is 459 g/mol. The molecule has 1 amide bonds. The average Bonchev–Trinajstić information content (AvgIpc) is 2.85. The number of fused-ring (bicyclic) bond motifs is 1. The molecule has 1 aromatic heterocycles. The van der Waals surface area contributed by atoms with Gasteiger partial charge in [-0.15, -0.1) is 0 Å². The molecule has 0 spiro atoms. The van der Waals surface area contributed by atoms with Crippen LogP contribution in [0.25, 0.3) is 10.8 Å². The lowest BCUT2D eigenvalue weighted by Gasteiger charge is -2.11. The molecule has 0 atom stereocenters. The van der Waals surface area contributed by atoms with Gasteiger partial charge in [0.15, 0.2) is 5.16 Å². The van der Waals surface area contributed by atoms with E-state index in [0.29, 0.717) is 16.6 Å². The van der Waals surface area contributed by atoms with Gasteiger partial charge in [-0.2, -0.15) is 5.10 Å². The van der Waals surface area contributed by atoms with Gasteiger partial charge in [-0.25, -0.2) is 15.4 Å². The molecule has 0 aliphatic heterocycles. The quantitative estimate of drug-likeness (QED) is 0.179. The third-order valence-corrected chi connectivity index (χ3v) is 5.96. The molecule has 166 valence electrons. The van der Waals surface area contributed by atoms with Crippen LogP contribution in [0.3, 0.4) is 0 Å². The van der Waals surface area contributed by atoms with Crippen LogP contribution >= 0.6 is 11.8 Å². The van der Waals surface area contributed by atoms with Gasteiger partial charge in [0.2, 0.25) is 0 Å². The lowest BCUT2D eigenvalue weighted by atomic mass is 10.1.